The van der Waals surface area contributed by atoms with Gasteiger partial charge >= 0.3 is 0 Å². The SMILES string of the molecule is O=C(Nc1cnc(Cl)c(Br)c1)c1cnc(Cl)c(Cl)c1. The van der Waals surface area contributed by atoms with E-state index in [1.807, 2.05) is 0 Å². The molecule has 0 aliphatic rings. The van der Waals surface area contributed by atoms with Crippen LogP contribution in [0, 0.1) is 0 Å². The van der Waals surface area contributed by atoms with Gasteiger partial charge in [-0.2, -0.15) is 0 Å². The molecule has 8 heteroatoms. The van der Waals surface area contributed by atoms with E-state index in [0.717, 1.165) is 0 Å². The molecule has 0 bridgehead atoms. The van der Waals surface area contributed by atoms with Crippen LogP contribution in [0.2, 0.25) is 15.3 Å². The molecule has 0 saturated heterocycles. The van der Waals surface area contributed by atoms with Gasteiger partial charge in [-0.3, -0.25) is 4.79 Å². The molecule has 2 heterocycles. The van der Waals surface area contributed by atoms with Crippen molar-refractivity contribution in [3.8, 4) is 0 Å². The number of aromatic nitrogens is 2. The van der Waals surface area contributed by atoms with Gasteiger partial charge in [0, 0.05) is 6.20 Å². The fourth-order valence-electron chi connectivity index (χ4n) is 1.24. The summed E-state index contributed by atoms with van der Waals surface area (Å²) >= 11 is 20.4. The molecule has 0 unspecified atom stereocenters. The maximum absolute atomic E-state index is 11.9. The van der Waals surface area contributed by atoms with E-state index in [2.05, 4.69) is 31.2 Å². The number of carbonyl (C=O) groups is 1. The Kier molecular flexibility index (Phi) is 4.62. The second-order valence-electron chi connectivity index (χ2n) is 3.45. The summed E-state index contributed by atoms with van der Waals surface area (Å²) in [5.74, 6) is -0.373. The Morgan fingerprint density at radius 3 is 2.42 bits per heavy atom. The van der Waals surface area contributed by atoms with Crippen LogP contribution in [0.3, 0.4) is 0 Å². The van der Waals surface area contributed by atoms with E-state index in [9.17, 15) is 4.79 Å². The standard InChI is InChI=1S/C11H5BrCl3N3O/c12-7-2-6(4-17-9(7)14)18-11(19)5-1-8(13)10(15)16-3-5/h1-4H,(H,18,19). The molecule has 0 atom stereocenters. The molecule has 1 N–H and O–H groups in total. The Morgan fingerprint density at radius 1 is 1.11 bits per heavy atom. The minimum absolute atomic E-state index is 0.147. The molecule has 0 aliphatic heterocycles. The van der Waals surface area contributed by atoms with Crippen LogP contribution in [0.1, 0.15) is 10.4 Å². The highest BCUT2D eigenvalue weighted by molar-refractivity contribution is 9.10. The van der Waals surface area contributed by atoms with Gasteiger partial charge in [-0.1, -0.05) is 34.8 Å². The van der Waals surface area contributed by atoms with Gasteiger partial charge in [0.05, 0.1) is 26.9 Å². The summed E-state index contributed by atoms with van der Waals surface area (Å²) in [7, 11) is 0. The lowest BCUT2D eigenvalue weighted by molar-refractivity contribution is 0.102. The predicted octanol–water partition coefficient (Wildman–Crippen LogP) is 4.45. The van der Waals surface area contributed by atoms with Crippen molar-refractivity contribution in [1.82, 2.24) is 9.97 Å². The lowest BCUT2D eigenvalue weighted by Crippen LogP contribution is -2.12. The van der Waals surface area contributed by atoms with Crippen LogP contribution in [-0.4, -0.2) is 15.9 Å². The van der Waals surface area contributed by atoms with E-state index >= 15 is 0 Å². The van der Waals surface area contributed by atoms with Crippen LogP contribution < -0.4 is 5.32 Å². The minimum atomic E-state index is -0.373. The van der Waals surface area contributed by atoms with E-state index in [0.29, 0.717) is 20.9 Å². The van der Waals surface area contributed by atoms with E-state index in [-0.39, 0.29) is 16.1 Å². The van der Waals surface area contributed by atoms with Crippen LogP contribution in [-0.2, 0) is 0 Å². The van der Waals surface area contributed by atoms with E-state index in [4.69, 9.17) is 34.8 Å². The van der Waals surface area contributed by atoms with Crippen molar-refractivity contribution in [2.45, 2.75) is 0 Å². The summed E-state index contributed by atoms with van der Waals surface area (Å²) in [5, 5.41) is 3.32. The Balaban J connectivity index is 2.20. The molecule has 2 aromatic heterocycles. The number of nitrogens with zero attached hydrogens (tertiary/aromatic N) is 2. The number of halogens is 4. The fraction of sp³-hybridized carbons (Fsp3) is 0. The number of carbonyl (C=O) groups excluding carboxylic acids is 1. The first-order valence-corrected chi connectivity index (χ1v) is 6.83. The molecule has 2 aromatic rings. The Bertz CT molecular complexity index is 651. The van der Waals surface area contributed by atoms with Crippen molar-refractivity contribution in [3.05, 3.63) is 49.9 Å². The monoisotopic (exact) mass is 379 g/mol. The van der Waals surface area contributed by atoms with Crippen LogP contribution in [0.5, 0.6) is 0 Å². The van der Waals surface area contributed by atoms with Crippen LogP contribution >= 0.6 is 50.7 Å². The number of pyridine rings is 2. The van der Waals surface area contributed by atoms with Gasteiger partial charge in [-0.05, 0) is 28.1 Å². The molecular formula is C11H5BrCl3N3O. The summed E-state index contributed by atoms with van der Waals surface area (Å²) < 4.78 is 0.583. The molecule has 98 valence electrons. The van der Waals surface area contributed by atoms with E-state index < -0.39 is 0 Å². The zero-order valence-corrected chi connectivity index (χ0v) is 13.0. The van der Waals surface area contributed by atoms with E-state index in [1.54, 1.807) is 6.07 Å². The molecule has 0 saturated carbocycles. The number of anilines is 1. The molecule has 0 aliphatic carbocycles. The first-order valence-electron chi connectivity index (χ1n) is 4.91. The first-order chi connectivity index (χ1) is 8.97. The number of hydrogen-bond donors (Lipinski definition) is 1. The van der Waals surface area contributed by atoms with Crippen molar-refractivity contribution < 1.29 is 4.79 Å². The Morgan fingerprint density at radius 2 is 1.79 bits per heavy atom. The molecule has 1 amide bonds. The van der Waals surface area contributed by atoms with Crippen LogP contribution in [0.4, 0.5) is 5.69 Å². The third-order valence-corrected chi connectivity index (χ3v) is 3.93. The van der Waals surface area contributed by atoms with Crippen molar-refractivity contribution >= 4 is 62.3 Å². The third-order valence-electron chi connectivity index (χ3n) is 2.11. The number of rotatable bonds is 2. The summed E-state index contributed by atoms with van der Waals surface area (Å²) in [6.45, 7) is 0. The normalized spacial score (nSPS) is 10.3. The second kappa shape index (κ2) is 6.05. The van der Waals surface area contributed by atoms with E-state index in [1.165, 1.54) is 18.5 Å². The van der Waals surface area contributed by atoms with Gasteiger partial charge in [0.1, 0.15) is 10.3 Å². The van der Waals surface area contributed by atoms with Gasteiger partial charge in [-0.15, -0.1) is 0 Å². The molecule has 0 spiro atoms. The number of nitrogens with one attached hydrogen (secondary N) is 1. The quantitative estimate of drug-likeness (QED) is 0.782. The minimum Gasteiger partial charge on any atom is -0.321 e. The smallest absolute Gasteiger partial charge is 0.257 e. The molecule has 19 heavy (non-hydrogen) atoms. The van der Waals surface area contributed by atoms with Crippen molar-refractivity contribution in [2.75, 3.05) is 5.32 Å². The molecule has 0 fully saturated rings. The van der Waals surface area contributed by atoms with Crippen molar-refractivity contribution in [2.24, 2.45) is 0 Å². The van der Waals surface area contributed by atoms with Gasteiger partial charge < -0.3 is 5.32 Å². The number of amides is 1. The summed E-state index contributed by atoms with van der Waals surface area (Å²) in [5.41, 5.74) is 0.785. The molecule has 0 aromatic carbocycles. The largest absolute Gasteiger partial charge is 0.321 e. The van der Waals surface area contributed by atoms with Crippen LogP contribution in [0.15, 0.2) is 29.0 Å². The average molecular weight is 381 g/mol. The third kappa shape index (κ3) is 3.57. The molecule has 4 nitrogen and oxygen atoms in total. The van der Waals surface area contributed by atoms with Crippen LogP contribution in [0.25, 0.3) is 0 Å². The molecule has 2 rings (SSSR count). The topological polar surface area (TPSA) is 54.9 Å². The summed E-state index contributed by atoms with van der Waals surface area (Å²) in [6.07, 6.45) is 2.78. The second-order valence-corrected chi connectivity index (χ2v) is 5.42. The van der Waals surface area contributed by atoms with Crippen molar-refractivity contribution in [1.29, 1.82) is 0 Å². The first kappa shape index (κ1) is 14.5. The Labute approximate surface area is 132 Å². The highest BCUT2D eigenvalue weighted by Gasteiger charge is 2.10. The summed E-state index contributed by atoms with van der Waals surface area (Å²) in [4.78, 5) is 19.6. The summed E-state index contributed by atoms with van der Waals surface area (Å²) in [6, 6.07) is 3.07. The molecular weight excluding hydrogens is 376 g/mol. The zero-order valence-electron chi connectivity index (χ0n) is 9.12. The molecule has 0 radical (unpaired) electrons. The predicted molar refractivity (Wildman–Crippen MR) is 79.2 cm³/mol. The highest BCUT2D eigenvalue weighted by atomic mass is 79.9. The van der Waals surface area contributed by atoms with Crippen molar-refractivity contribution in [3.63, 3.8) is 0 Å². The van der Waals surface area contributed by atoms with Gasteiger partial charge in [0.2, 0.25) is 0 Å². The van der Waals surface area contributed by atoms with Gasteiger partial charge in [-0.25, -0.2) is 9.97 Å². The van der Waals surface area contributed by atoms with Gasteiger partial charge in [0.25, 0.3) is 5.91 Å². The average Bonchev–Trinajstić information content (AvgIpc) is 2.37. The lowest BCUT2D eigenvalue weighted by Gasteiger charge is -2.06. The Hall–Kier alpha value is -0.880. The fourth-order valence-corrected chi connectivity index (χ4v) is 1.96. The van der Waals surface area contributed by atoms with Gasteiger partial charge in [0.15, 0.2) is 0 Å². The zero-order chi connectivity index (χ0) is 14.0. The number of hydrogen-bond acceptors (Lipinski definition) is 3. The maximum atomic E-state index is 11.9. The lowest BCUT2D eigenvalue weighted by atomic mass is 10.2. The maximum Gasteiger partial charge on any atom is 0.257 e. The highest BCUT2D eigenvalue weighted by Crippen LogP contribution is 2.24.